The van der Waals surface area contributed by atoms with Crippen LogP contribution in [-0.4, -0.2) is 31.3 Å². The minimum Gasteiger partial charge on any atom is -0.481 e. The molecule has 4 nitrogen and oxygen atoms in total. The number of amides is 1. The second-order valence-electron chi connectivity index (χ2n) is 8.25. The maximum Gasteiger partial charge on any atom is 0.260 e. The Morgan fingerprint density at radius 3 is 2.28 bits per heavy atom. The lowest BCUT2D eigenvalue weighted by molar-refractivity contribution is -0.188. The number of benzene rings is 1. The first-order valence-electron chi connectivity index (χ1n) is 9.65. The molecule has 5 rings (SSSR count). The average Bonchev–Trinajstić information content (AvgIpc) is 2.62. The average molecular weight is 343 g/mol. The van der Waals surface area contributed by atoms with Crippen molar-refractivity contribution < 1.29 is 14.3 Å². The number of methoxy groups -OCH3 is 1. The van der Waals surface area contributed by atoms with E-state index in [-0.39, 0.29) is 11.5 Å². The summed E-state index contributed by atoms with van der Waals surface area (Å²) in [6.45, 7) is 2.41. The molecule has 0 aliphatic heterocycles. The summed E-state index contributed by atoms with van der Waals surface area (Å²) < 4.78 is 11.9. The summed E-state index contributed by atoms with van der Waals surface area (Å²) in [5.41, 5.74) is -0.171. The van der Waals surface area contributed by atoms with Crippen LogP contribution in [0.4, 0.5) is 0 Å². The molecule has 1 N–H and O–H groups in total. The fourth-order valence-electron chi connectivity index (χ4n) is 5.80. The van der Waals surface area contributed by atoms with Crippen molar-refractivity contribution in [2.45, 2.75) is 50.7 Å². The zero-order chi connectivity index (χ0) is 17.4. The number of nitrogens with one attached hydrogen (secondary N) is 1. The molecule has 0 heterocycles. The first-order chi connectivity index (χ1) is 12.1. The normalized spacial score (nSPS) is 36.9. The summed E-state index contributed by atoms with van der Waals surface area (Å²) in [6.07, 6.45) is 5.99. The van der Waals surface area contributed by atoms with Crippen LogP contribution in [0.25, 0.3) is 0 Å². The fourth-order valence-corrected chi connectivity index (χ4v) is 5.80. The van der Waals surface area contributed by atoms with Crippen LogP contribution in [0.3, 0.4) is 0 Å². The maximum atomic E-state index is 12.5. The molecule has 1 aromatic rings. The number of ether oxygens (including phenoxy) is 2. The minimum absolute atomic E-state index is 0.0610. The molecule has 4 heteroatoms. The first-order valence-corrected chi connectivity index (χ1v) is 9.65. The van der Waals surface area contributed by atoms with E-state index < -0.39 is 6.10 Å². The Labute approximate surface area is 150 Å². The smallest absolute Gasteiger partial charge is 0.260 e. The zero-order valence-corrected chi connectivity index (χ0v) is 15.2. The number of carbonyl (C=O) groups excluding carboxylic acids is 1. The van der Waals surface area contributed by atoms with Crippen LogP contribution in [0.5, 0.6) is 5.75 Å². The van der Waals surface area contributed by atoms with Crippen molar-refractivity contribution in [3.8, 4) is 5.75 Å². The second kappa shape index (κ2) is 6.64. The quantitative estimate of drug-likeness (QED) is 0.861. The van der Waals surface area contributed by atoms with Gasteiger partial charge in [0, 0.05) is 13.7 Å². The van der Waals surface area contributed by atoms with E-state index in [2.05, 4.69) is 5.32 Å². The highest BCUT2D eigenvalue weighted by molar-refractivity contribution is 5.80. The van der Waals surface area contributed by atoms with Crippen molar-refractivity contribution in [1.29, 1.82) is 0 Å². The number of para-hydroxylation sites is 1. The van der Waals surface area contributed by atoms with Gasteiger partial charge in [-0.2, -0.15) is 0 Å². The van der Waals surface area contributed by atoms with Gasteiger partial charge in [0.1, 0.15) is 5.75 Å². The highest BCUT2D eigenvalue weighted by Crippen LogP contribution is 2.59. The Balaban J connectivity index is 1.38. The van der Waals surface area contributed by atoms with Crippen molar-refractivity contribution in [3.05, 3.63) is 30.3 Å². The van der Waals surface area contributed by atoms with E-state index >= 15 is 0 Å². The lowest BCUT2D eigenvalue weighted by Crippen LogP contribution is -2.63. The van der Waals surface area contributed by atoms with E-state index in [1.54, 1.807) is 6.92 Å². The topological polar surface area (TPSA) is 47.6 Å². The summed E-state index contributed by atoms with van der Waals surface area (Å²) in [5.74, 6) is 3.64. The molecule has 1 atom stereocenters. The van der Waals surface area contributed by atoms with Crippen molar-refractivity contribution in [2.75, 3.05) is 13.7 Å². The van der Waals surface area contributed by atoms with Gasteiger partial charge in [-0.15, -0.1) is 0 Å². The first kappa shape index (κ1) is 16.9. The zero-order valence-electron chi connectivity index (χ0n) is 15.2. The molecule has 1 amide bonds. The molecule has 4 saturated carbocycles. The highest BCUT2D eigenvalue weighted by atomic mass is 16.5. The van der Waals surface area contributed by atoms with Gasteiger partial charge in [-0.1, -0.05) is 18.2 Å². The lowest BCUT2D eigenvalue weighted by Gasteiger charge is -2.60. The Kier molecular flexibility index (Phi) is 4.48. The van der Waals surface area contributed by atoms with Gasteiger partial charge in [0.05, 0.1) is 5.60 Å². The fraction of sp³-hybridized carbons (Fsp3) is 0.667. The number of rotatable bonds is 6. The van der Waals surface area contributed by atoms with Crippen molar-refractivity contribution in [1.82, 2.24) is 5.32 Å². The monoisotopic (exact) mass is 343 g/mol. The van der Waals surface area contributed by atoms with E-state index in [1.165, 1.54) is 32.1 Å². The van der Waals surface area contributed by atoms with E-state index in [9.17, 15) is 4.79 Å². The molecular weight excluding hydrogens is 314 g/mol. The molecule has 4 aliphatic carbocycles. The van der Waals surface area contributed by atoms with E-state index in [0.29, 0.717) is 18.4 Å². The Bertz CT molecular complexity index is 587. The standard InChI is InChI=1S/C21H29NO3/c1-14(25-19-6-4-3-5-7-19)20(23)22-13-21(24-2)17-9-15-8-16(11-17)12-18(21)10-15/h3-7,14-18H,8-13H2,1-2H3,(H,22,23)/t14-,15?,16?,17?,18?,21?/m1/s1. The maximum absolute atomic E-state index is 12.5. The van der Waals surface area contributed by atoms with Gasteiger partial charge >= 0.3 is 0 Å². The summed E-state index contributed by atoms with van der Waals surface area (Å²) in [6, 6.07) is 9.51. The van der Waals surface area contributed by atoms with Gasteiger partial charge in [-0.3, -0.25) is 4.79 Å². The predicted molar refractivity (Wildman–Crippen MR) is 96.3 cm³/mol. The predicted octanol–water partition coefficient (Wildman–Crippen LogP) is 3.41. The van der Waals surface area contributed by atoms with E-state index in [1.807, 2.05) is 37.4 Å². The number of hydrogen-bond acceptors (Lipinski definition) is 3. The Morgan fingerprint density at radius 2 is 1.72 bits per heavy atom. The van der Waals surface area contributed by atoms with Crippen LogP contribution in [0, 0.1) is 23.7 Å². The molecule has 0 radical (unpaired) electrons. The van der Waals surface area contributed by atoms with Gasteiger partial charge < -0.3 is 14.8 Å². The largest absolute Gasteiger partial charge is 0.481 e. The molecule has 4 bridgehead atoms. The van der Waals surface area contributed by atoms with Crippen LogP contribution in [0.1, 0.15) is 39.0 Å². The van der Waals surface area contributed by atoms with Gasteiger partial charge in [-0.05, 0) is 74.8 Å². The third-order valence-electron chi connectivity index (χ3n) is 6.86. The van der Waals surface area contributed by atoms with E-state index in [4.69, 9.17) is 9.47 Å². The van der Waals surface area contributed by atoms with Gasteiger partial charge in [0.2, 0.25) is 0 Å². The molecule has 136 valence electrons. The van der Waals surface area contributed by atoms with Gasteiger partial charge in [0.15, 0.2) is 6.10 Å². The second-order valence-corrected chi connectivity index (χ2v) is 8.25. The SMILES string of the molecule is COC1(CNC(=O)[C@@H](C)Oc2ccccc2)C2CC3CC(C2)CC1C3. The van der Waals surface area contributed by atoms with Gasteiger partial charge in [-0.25, -0.2) is 0 Å². The van der Waals surface area contributed by atoms with Crippen LogP contribution >= 0.6 is 0 Å². The molecule has 25 heavy (non-hydrogen) atoms. The van der Waals surface area contributed by atoms with Crippen LogP contribution in [0.15, 0.2) is 30.3 Å². The third-order valence-corrected chi connectivity index (χ3v) is 6.86. The molecule has 0 unspecified atom stereocenters. The molecule has 0 aromatic heterocycles. The Hall–Kier alpha value is -1.55. The Morgan fingerprint density at radius 1 is 1.12 bits per heavy atom. The van der Waals surface area contributed by atoms with Crippen molar-refractivity contribution in [3.63, 3.8) is 0 Å². The molecule has 4 fully saturated rings. The number of hydrogen-bond donors (Lipinski definition) is 1. The molecule has 1 aromatic carbocycles. The van der Waals surface area contributed by atoms with Crippen LogP contribution < -0.4 is 10.1 Å². The summed E-state index contributed by atoms with van der Waals surface area (Å²) >= 11 is 0. The third kappa shape index (κ3) is 3.05. The molecular formula is C21H29NO3. The molecule has 4 aliphatic rings. The summed E-state index contributed by atoms with van der Waals surface area (Å²) in [7, 11) is 1.83. The van der Waals surface area contributed by atoms with Gasteiger partial charge in [0.25, 0.3) is 5.91 Å². The summed E-state index contributed by atoms with van der Waals surface area (Å²) in [4.78, 5) is 12.5. The summed E-state index contributed by atoms with van der Waals surface area (Å²) in [5, 5.41) is 3.13. The van der Waals surface area contributed by atoms with Crippen molar-refractivity contribution in [2.24, 2.45) is 23.7 Å². The lowest BCUT2D eigenvalue weighted by atomic mass is 9.49. The minimum atomic E-state index is -0.506. The van der Waals surface area contributed by atoms with Crippen molar-refractivity contribution >= 4 is 5.91 Å². The van der Waals surface area contributed by atoms with Crippen LogP contribution in [0.2, 0.25) is 0 Å². The highest BCUT2D eigenvalue weighted by Gasteiger charge is 2.57. The molecule has 0 saturated heterocycles. The van der Waals surface area contributed by atoms with E-state index in [0.717, 1.165) is 17.6 Å². The molecule has 0 spiro atoms. The van der Waals surface area contributed by atoms with Crippen LogP contribution in [-0.2, 0) is 9.53 Å². The number of carbonyl (C=O) groups is 1.